The molecule has 0 saturated carbocycles. The van der Waals surface area contributed by atoms with E-state index in [2.05, 4.69) is 10.2 Å². The van der Waals surface area contributed by atoms with Crippen molar-refractivity contribution in [1.29, 1.82) is 0 Å². The highest BCUT2D eigenvalue weighted by Crippen LogP contribution is 2.35. The van der Waals surface area contributed by atoms with E-state index in [1.165, 1.54) is 0 Å². The minimum atomic E-state index is -4.30. The van der Waals surface area contributed by atoms with E-state index in [-0.39, 0.29) is 13.4 Å². The molecule has 1 fully saturated rings. The molecular formula is C23H27F3N2O4. The Hall–Kier alpha value is -2.49. The molecule has 0 amide bonds. The maximum absolute atomic E-state index is 12.7. The highest BCUT2D eigenvalue weighted by Gasteiger charge is 2.30. The lowest BCUT2D eigenvalue weighted by Crippen LogP contribution is -2.45. The molecule has 1 unspecified atom stereocenters. The summed E-state index contributed by atoms with van der Waals surface area (Å²) in [6, 6.07) is 11.0. The molecule has 2 aliphatic heterocycles. The molecule has 2 heterocycles. The number of aliphatic hydroxyl groups is 1. The summed E-state index contributed by atoms with van der Waals surface area (Å²) in [7, 11) is 0. The van der Waals surface area contributed by atoms with Crippen molar-refractivity contribution in [2.24, 2.45) is 0 Å². The van der Waals surface area contributed by atoms with Crippen LogP contribution in [0, 0.1) is 0 Å². The first kappa shape index (κ1) is 22.7. The van der Waals surface area contributed by atoms with Crippen molar-refractivity contribution in [3.05, 3.63) is 53.6 Å². The zero-order valence-corrected chi connectivity index (χ0v) is 17.6. The van der Waals surface area contributed by atoms with E-state index in [1.54, 1.807) is 30.3 Å². The molecule has 1 atom stereocenters. The lowest BCUT2D eigenvalue weighted by Gasteiger charge is -2.33. The van der Waals surface area contributed by atoms with Gasteiger partial charge in [0.15, 0.2) is 11.5 Å². The number of rotatable bonds is 8. The maximum atomic E-state index is 12.7. The van der Waals surface area contributed by atoms with Gasteiger partial charge < -0.3 is 24.6 Å². The first-order valence-corrected chi connectivity index (χ1v) is 10.7. The van der Waals surface area contributed by atoms with Crippen molar-refractivity contribution in [2.75, 3.05) is 33.0 Å². The van der Waals surface area contributed by atoms with Crippen LogP contribution in [0.4, 0.5) is 13.2 Å². The summed E-state index contributed by atoms with van der Waals surface area (Å²) < 4.78 is 54.3. The molecule has 4 rings (SSSR count). The summed E-state index contributed by atoms with van der Waals surface area (Å²) in [4.78, 5) is 2.24. The predicted molar refractivity (Wildman–Crippen MR) is 112 cm³/mol. The molecule has 174 valence electrons. The number of ether oxygens (including phenoxy) is 3. The number of aliphatic hydroxyl groups excluding tert-OH is 1. The van der Waals surface area contributed by atoms with Gasteiger partial charge in [0.2, 0.25) is 6.79 Å². The van der Waals surface area contributed by atoms with Crippen LogP contribution >= 0.6 is 0 Å². The number of alkyl halides is 3. The first-order valence-electron chi connectivity index (χ1n) is 10.7. The molecule has 9 heteroatoms. The quantitative estimate of drug-likeness (QED) is 0.640. The van der Waals surface area contributed by atoms with Gasteiger partial charge >= 0.3 is 6.18 Å². The van der Waals surface area contributed by atoms with Gasteiger partial charge in [-0.25, -0.2) is 0 Å². The lowest BCUT2D eigenvalue weighted by atomic mass is 10.0. The Morgan fingerprint density at radius 1 is 1.06 bits per heavy atom. The average molecular weight is 452 g/mol. The van der Waals surface area contributed by atoms with E-state index in [0.29, 0.717) is 36.4 Å². The normalized spacial score (nSPS) is 18.0. The van der Waals surface area contributed by atoms with Crippen molar-refractivity contribution < 1.29 is 32.5 Å². The molecule has 0 bridgehead atoms. The summed E-state index contributed by atoms with van der Waals surface area (Å²) in [5, 5.41) is 13.6. The summed E-state index contributed by atoms with van der Waals surface area (Å²) in [5.74, 6) is 1.94. The number of halogens is 3. The third kappa shape index (κ3) is 6.05. The first-order chi connectivity index (χ1) is 15.4. The smallest absolute Gasteiger partial charge is 0.416 e. The van der Waals surface area contributed by atoms with E-state index in [1.807, 2.05) is 0 Å². The topological polar surface area (TPSA) is 63.2 Å². The van der Waals surface area contributed by atoms with Gasteiger partial charge in [-0.3, -0.25) is 4.90 Å². The van der Waals surface area contributed by atoms with Gasteiger partial charge in [0.25, 0.3) is 0 Å². The van der Waals surface area contributed by atoms with E-state index in [0.717, 1.165) is 43.6 Å². The van der Waals surface area contributed by atoms with Gasteiger partial charge in [-0.15, -0.1) is 0 Å². The molecule has 2 aromatic rings. The highest BCUT2D eigenvalue weighted by molar-refractivity contribution is 5.46. The van der Waals surface area contributed by atoms with Gasteiger partial charge in [0, 0.05) is 25.2 Å². The number of nitrogens with one attached hydrogen (secondary N) is 1. The Labute approximate surface area is 184 Å². The molecule has 0 spiro atoms. The predicted octanol–water partition coefficient (Wildman–Crippen LogP) is 3.43. The van der Waals surface area contributed by atoms with Gasteiger partial charge in [0.05, 0.1) is 5.56 Å². The number of likely N-dealkylation sites (tertiary alicyclic amines) is 1. The van der Waals surface area contributed by atoms with E-state index in [9.17, 15) is 18.3 Å². The Morgan fingerprint density at radius 3 is 2.50 bits per heavy atom. The van der Waals surface area contributed by atoms with Crippen LogP contribution in [-0.2, 0) is 12.7 Å². The van der Waals surface area contributed by atoms with Crippen LogP contribution < -0.4 is 19.5 Å². The Bertz CT molecular complexity index is 884. The van der Waals surface area contributed by atoms with Crippen molar-refractivity contribution in [3.8, 4) is 17.2 Å². The SMILES string of the molecule is OC(CNC1CCN(Cc2ccc(C(F)(F)F)cc2)CC1)COc1ccc2c(c1)OCO2. The third-order valence-corrected chi connectivity index (χ3v) is 5.70. The van der Waals surface area contributed by atoms with Crippen molar-refractivity contribution in [1.82, 2.24) is 10.2 Å². The maximum Gasteiger partial charge on any atom is 0.416 e. The number of piperidine rings is 1. The fourth-order valence-corrected chi connectivity index (χ4v) is 3.87. The largest absolute Gasteiger partial charge is 0.491 e. The monoisotopic (exact) mass is 452 g/mol. The average Bonchev–Trinajstić information content (AvgIpc) is 3.25. The van der Waals surface area contributed by atoms with Crippen molar-refractivity contribution >= 4 is 0 Å². The van der Waals surface area contributed by atoms with Crippen LogP contribution in [0.2, 0.25) is 0 Å². The van der Waals surface area contributed by atoms with Gasteiger partial charge in [-0.1, -0.05) is 12.1 Å². The number of benzene rings is 2. The van der Waals surface area contributed by atoms with Crippen LogP contribution in [0.1, 0.15) is 24.0 Å². The number of fused-ring (bicyclic) bond motifs is 1. The second kappa shape index (κ2) is 9.97. The van der Waals surface area contributed by atoms with Crippen LogP contribution in [0.15, 0.2) is 42.5 Å². The second-order valence-corrected chi connectivity index (χ2v) is 8.13. The highest BCUT2D eigenvalue weighted by atomic mass is 19.4. The Balaban J connectivity index is 1.13. The van der Waals surface area contributed by atoms with Crippen LogP contribution in [0.25, 0.3) is 0 Å². The number of hydrogen-bond acceptors (Lipinski definition) is 6. The van der Waals surface area contributed by atoms with Crippen molar-refractivity contribution in [3.63, 3.8) is 0 Å². The summed E-state index contributed by atoms with van der Waals surface area (Å²) in [6.07, 6.45) is -3.12. The number of nitrogens with zero attached hydrogens (tertiary/aromatic N) is 1. The third-order valence-electron chi connectivity index (χ3n) is 5.70. The van der Waals surface area contributed by atoms with E-state index < -0.39 is 17.8 Å². The second-order valence-electron chi connectivity index (χ2n) is 8.13. The molecule has 2 aliphatic rings. The Morgan fingerprint density at radius 2 is 1.78 bits per heavy atom. The summed E-state index contributed by atoms with van der Waals surface area (Å²) >= 11 is 0. The molecule has 6 nitrogen and oxygen atoms in total. The zero-order chi connectivity index (χ0) is 22.6. The van der Waals surface area contributed by atoms with Crippen LogP contribution in [0.5, 0.6) is 17.2 Å². The lowest BCUT2D eigenvalue weighted by molar-refractivity contribution is -0.137. The van der Waals surface area contributed by atoms with Gasteiger partial charge in [-0.05, 0) is 55.8 Å². The Kier molecular flexibility index (Phi) is 7.07. The fraction of sp³-hybridized carbons (Fsp3) is 0.478. The fourth-order valence-electron chi connectivity index (χ4n) is 3.87. The van der Waals surface area contributed by atoms with Crippen molar-refractivity contribution in [2.45, 2.75) is 37.7 Å². The van der Waals surface area contributed by atoms with Crippen LogP contribution in [0.3, 0.4) is 0 Å². The van der Waals surface area contributed by atoms with Gasteiger partial charge in [-0.2, -0.15) is 13.2 Å². The minimum absolute atomic E-state index is 0.166. The molecule has 0 radical (unpaired) electrons. The van der Waals surface area contributed by atoms with Gasteiger partial charge in [0.1, 0.15) is 18.5 Å². The molecule has 1 saturated heterocycles. The molecular weight excluding hydrogens is 425 g/mol. The summed E-state index contributed by atoms with van der Waals surface area (Å²) in [5.41, 5.74) is 0.255. The molecule has 32 heavy (non-hydrogen) atoms. The molecule has 2 N–H and O–H groups in total. The van der Waals surface area contributed by atoms with E-state index in [4.69, 9.17) is 14.2 Å². The molecule has 0 aliphatic carbocycles. The van der Waals surface area contributed by atoms with E-state index >= 15 is 0 Å². The molecule has 0 aromatic heterocycles. The summed E-state index contributed by atoms with van der Waals surface area (Å²) in [6.45, 7) is 3.13. The standard InChI is InChI=1S/C23H27F3N2O4/c24-23(25,26)17-3-1-16(2-4-17)13-28-9-7-18(8-10-28)27-12-19(29)14-30-20-5-6-21-22(11-20)32-15-31-21/h1-6,11,18-19,27,29H,7-10,12-15H2. The number of hydrogen-bond donors (Lipinski definition) is 2. The zero-order valence-electron chi connectivity index (χ0n) is 17.6. The minimum Gasteiger partial charge on any atom is -0.491 e. The van der Waals surface area contributed by atoms with Crippen LogP contribution in [-0.4, -0.2) is 55.2 Å². The molecule has 2 aromatic carbocycles.